The van der Waals surface area contributed by atoms with Gasteiger partial charge in [0, 0.05) is 28.0 Å². The highest BCUT2D eigenvalue weighted by molar-refractivity contribution is 6.10. The van der Waals surface area contributed by atoms with Gasteiger partial charge in [-0.05, 0) is 102 Å². The lowest BCUT2D eigenvalue weighted by atomic mass is 9.96. The maximum absolute atomic E-state index is 13.1. The third kappa shape index (κ3) is 12.4. The van der Waals surface area contributed by atoms with Crippen molar-refractivity contribution in [1.29, 1.82) is 0 Å². The van der Waals surface area contributed by atoms with Gasteiger partial charge in [-0.2, -0.15) is 0 Å². The van der Waals surface area contributed by atoms with Gasteiger partial charge in [0.2, 0.25) is 0 Å². The summed E-state index contributed by atoms with van der Waals surface area (Å²) in [4.78, 5) is 37.7. The van der Waals surface area contributed by atoms with Crippen molar-refractivity contribution < 1.29 is 39.1 Å². The molecule has 10 heteroatoms. The monoisotopic (exact) mass is 766 g/mol. The number of anilines is 3. The molecule has 0 aromatic heterocycles. The topological polar surface area (TPSA) is 143 Å². The smallest absolute Gasteiger partial charge is 0.336 e. The molecule has 0 saturated heterocycles. The average Bonchev–Trinajstić information content (AvgIpc) is 3.23. The Labute approximate surface area is 332 Å². The first-order valence-electron chi connectivity index (χ1n) is 18.3. The largest absolute Gasteiger partial charge is 0.493 e. The minimum Gasteiger partial charge on any atom is -0.493 e. The van der Waals surface area contributed by atoms with Gasteiger partial charge < -0.3 is 30.0 Å². The van der Waals surface area contributed by atoms with Crippen LogP contribution >= 0.6 is 0 Å². The van der Waals surface area contributed by atoms with Gasteiger partial charge in [-0.25, -0.2) is 9.68 Å². The zero-order valence-corrected chi connectivity index (χ0v) is 31.9. The maximum atomic E-state index is 13.1. The second-order valence-corrected chi connectivity index (χ2v) is 14.1. The standard InChI is InChI=1S/C46H44N2O7.CH2O/c1-46(2,30-53-39-19-15-37(16-20-39)47-43-24-14-34(27-36(43)29-55-52)25-32-9-5-3-6-10-32)31-54-40-21-17-38(18-22-40)48-44(49)41-23-13-35(28-42(41)45(50)51)26-33-11-7-4-8-12-33;1-2/h3-24,27-28,47,52H,25-26,29-31H2,1-2H3,(H,48,49)(H,50,51);1H2. The predicted molar refractivity (Wildman–Crippen MR) is 222 cm³/mol. The van der Waals surface area contributed by atoms with Crippen LogP contribution in [0.25, 0.3) is 0 Å². The van der Waals surface area contributed by atoms with Crippen LogP contribution in [0.2, 0.25) is 0 Å². The second kappa shape index (κ2) is 20.2. The minimum absolute atomic E-state index is 0.0492. The van der Waals surface area contributed by atoms with E-state index in [0.717, 1.165) is 40.0 Å². The van der Waals surface area contributed by atoms with Crippen molar-refractivity contribution in [1.82, 2.24) is 0 Å². The lowest BCUT2D eigenvalue weighted by Crippen LogP contribution is -2.28. The van der Waals surface area contributed by atoms with E-state index in [1.165, 1.54) is 5.56 Å². The number of amides is 1. The first kappa shape index (κ1) is 41.4. The Morgan fingerprint density at radius 3 is 1.65 bits per heavy atom. The number of carbonyl (C=O) groups excluding carboxylic acids is 2. The third-order valence-electron chi connectivity index (χ3n) is 8.96. The zero-order valence-electron chi connectivity index (χ0n) is 31.9. The van der Waals surface area contributed by atoms with E-state index in [1.807, 2.05) is 91.7 Å². The fourth-order valence-electron chi connectivity index (χ4n) is 6.03. The SMILES string of the molecule is C=O.CC(C)(COc1ccc(NC(=O)c2ccc(Cc3ccccc3)cc2C(=O)O)cc1)COc1ccc(Nc2ccc(Cc3ccccc3)cc2COO)cc1. The molecular weight excluding hydrogens is 721 g/mol. The Balaban J connectivity index is 0.00000305. The average molecular weight is 767 g/mol. The summed E-state index contributed by atoms with van der Waals surface area (Å²) >= 11 is 0. The summed E-state index contributed by atoms with van der Waals surface area (Å²) in [5.74, 6) is -0.330. The number of benzene rings is 6. The minimum atomic E-state index is -1.16. The second-order valence-electron chi connectivity index (χ2n) is 14.1. The van der Waals surface area contributed by atoms with E-state index < -0.39 is 11.9 Å². The molecule has 0 saturated carbocycles. The van der Waals surface area contributed by atoms with Gasteiger partial charge in [-0.1, -0.05) is 92.7 Å². The number of carbonyl (C=O) groups is 3. The van der Waals surface area contributed by atoms with Gasteiger partial charge in [0.15, 0.2) is 0 Å². The highest BCUT2D eigenvalue weighted by Crippen LogP contribution is 2.28. The van der Waals surface area contributed by atoms with Crippen LogP contribution in [0.15, 0.2) is 146 Å². The third-order valence-corrected chi connectivity index (χ3v) is 8.96. The number of hydrogen-bond acceptors (Lipinski definition) is 8. The number of rotatable bonds is 17. The molecule has 0 fully saturated rings. The Morgan fingerprint density at radius 1 is 0.614 bits per heavy atom. The van der Waals surface area contributed by atoms with Crippen LogP contribution in [0.5, 0.6) is 11.5 Å². The van der Waals surface area contributed by atoms with Crippen LogP contribution < -0.4 is 20.1 Å². The van der Waals surface area contributed by atoms with E-state index >= 15 is 0 Å². The molecule has 0 spiro atoms. The summed E-state index contributed by atoms with van der Waals surface area (Å²) in [5.41, 5.74) is 6.95. The summed E-state index contributed by atoms with van der Waals surface area (Å²) < 4.78 is 12.2. The van der Waals surface area contributed by atoms with Crippen molar-refractivity contribution in [2.45, 2.75) is 33.3 Å². The van der Waals surface area contributed by atoms with Crippen LogP contribution in [0.1, 0.15) is 62.4 Å². The summed E-state index contributed by atoms with van der Waals surface area (Å²) in [7, 11) is 0. The van der Waals surface area contributed by atoms with Gasteiger partial charge >= 0.3 is 5.97 Å². The predicted octanol–water partition coefficient (Wildman–Crippen LogP) is 9.85. The van der Waals surface area contributed by atoms with Crippen LogP contribution in [0.4, 0.5) is 17.1 Å². The number of carboxylic acids is 1. The van der Waals surface area contributed by atoms with Crippen LogP contribution in [0, 0.1) is 5.41 Å². The molecule has 6 aromatic carbocycles. The summed E-state index contributed by atoms with van der Waals surface area (Å²) in [6.07, 6.45) is 1.35. The first-order chi connectivity index (χ1) is 27.6. The maximum Gasteiger partial charge on any atom is 0.336 e. The van der Waals surface area contributed by atoms with Gasteiger partial charge in [0.25, 0.3) is 5.91 Å². The van der Waals surface area contributed by atoms with E-state index in [0.29, 0.717) is 36.8 Å². The molecule has 0 aliphatic carbocycles. The zero-order chi connectivity index (χ0) is 40.6. The molecule has 6 aromatic rings. The van der Waals surface area contributed by atoms with Crippen LogP contribution in [-0.4, -0.2) is 42.2 Å². The molecule has 0 unspecified atom stereocenters. The van der Waals surface area contributed by atoms with Crippen molar-refractivity contribution in [3.05, 3.63) is 185 Å². The lowest BCUT2D eigenvalue weighted by Gasteiger charge is -2.25. The molecule has 0 heterocycles. The number of nitrogens with one attached hydrogen (secondary N) is 2. The van der Waals surface area contributed by atoms with Crippen molar-refractivity contribution in [3.8, 4) is 11.5 Å². The van der Waals surface area contributed by atoms with E-state index in [9.17, 15) is 20.0 Å². The van der Waals surface area contributed by atoms with Crippen molar-refractivity contribution in [2.75, 3.05) is 23.8 Å². The molecule has 292 valence electrons. The molecule has 0 radical (unpaired) electrons. The molecule has 4 N–H and O–H groups in total. The normalized spacial score (nSPS) is 10.8. The van der Waals surface area contributed by atoms with Gasteiger partial charge in [-0.3, -0.25) is 10.1 Å². The fourth-order valence-corrected chi connectivity index (χ4v) is 6.03. The Bertz CT molecular complexity index is 2210. The highest BCUT2D eigenvalue weighted by atomic mass is 17.1. The molecule has 1 amide bonds. The Kier molecular flexibility index (Phi) is 14.7. The molecule has 6 rings (SSSR count). The van der Waals surface area contributed by atoms with Gasteiger partial charge in [-0.15, -0.1) is 0 Å². The fraction of sp³-hybridized carbons (Fsp3) is 0.170. The van der Waals surface area contributed by atoms with E-state index in [2.05, 4.69) is 47.6 Å². The quantitative estimate of drug-likeness (QED) is 0.0527. The van der Waals surface area contributed by atoms with Crippen molar-refractivity contribution in [2.24, 2.45) is 5.41 Å². The number of aromatic carboxylic acids is 1. The summed E-state index contributed by atoms with van der Waals surface area (Å²) in [6.45, 7) is 6.95. The molecule has 0 aliphatic rings. The highest BCUT2D eigenvalue weighted by Gasteiger charge is 2.21. The van der Waals surface area contributed by atoms with E-state index in [-0.39, 0.29) is 23.1 Å². The van der Waals surface area contributed by atoms with E-state index in [1.54, 1.807) is 42.5 Å². The molecule has 0 bridgehead atoms. The van der Waals surface area contributed by atoms with Crippen molar-refractivity contribution >= 4 is 35.7 Å². The van der Waals surface area contributed by atoms with Gasteiger partial charge in [0.05, 0.1) is 24.3 Å². The first-order valence-corrected chi connectivity index (χ1v) is 18.3. The molecule has 10 nitrogen and oxygen atoms in total. The van der Waals surface area contributed by atoms with E-state index in [4.69, 9.17) is 14.3 Å². The lowest BCUT2D eigenvalue weighted by molar-refractivity contribution is -0.252. The molecule has 57 heavy (non-hydrogen) atoms. The van der Waals surface area contributed by atoms with Crippen molar-refractivity contribution in [3.63, 3.8) is 0 Å². The Hall–Kier alpha value is -6.75. The number of carboxylic acid groups (broad SMARTS) is 1. The summed E-state index contributed by atoms with van der Waals surface area (Å²) in [6, 6.07) is 45.6. The van der Waals surface area contributed by atoms with Crippen LogP contribution in [0.3, 0.4) is 0 Å². The number of hydrogen-bond donors (Lipinski definition) is 4. The molecule has 0 atom stereocenters. The summed E-state index contributed by atoms with van der Waals surface area (Å²) in [5, 5.41) is 25.3. The van der Waals surface area contributed by atoms with Gasteiger partial charge in [0.1, 0.15) is 24.9 Å². The molecular formula is C47H46N2O8. The van der Waals surface area contributed by atoms with Crippen LogP contribution in [-0.2, 0) is 29.1 Å². The number of ether oxygens (including phenoxy) is 2. The Morgan fingerprint density at radius 2 is 1.12 bits per heavy atom. The molecule has 0 aliphatic heterocycles.